The molecule has 0 rings (SSSR count). The number of carbonyl (C=O) groups is 2. The molecule has 0 aliphatic carbocycles. The van der Waals surface area contributed by atoms with Crippen molar-refractivity contribution in [2.75, 3.05) is 47.5 Å². The molecule has 0 aromatic carbocycles. The predicted molar refractivity (Wildman–Crippen MR) is 240 cm³/mol. The van der Waals surface area contributed by atoms with Crippen molar-refractivity contribution >= 4 is 19.8 Å². The zero-order chi connectivity index (χ0) is 42.8. The molecule has 2 atom stereocenters. The van der Waals surface area contributed by atoms with Crippen molar-refractivity contribution in [1.82, 2.24) is 0 Å². The fourth-order valence-electron chi connectivity index (χ4n) is 5.22. The SMILES string of the molecule is CC/C=C\C/C=C\C/C=C\C/C=C\CCCCCCC(=O)OC[C@H](COP(=O)([O-])OCC[N+](C)(C)C)OC(=O)CCCCCC/C=C\C/C=C\C/C=C\C/C=C\CC. The molecule has 0 saturated carbocycles. The Hall–Kier alpha value is -3.07. The monoisotopic (exact) mass is 830 g/mol. The minimum atomic E-state index is -4.65. The molecule has 0 spiro atoms. The van der Waals surface area contributed by atoms with Crippen LogP contribution in [0.2, 0.25) is 0 Å². The Morgan fingerprint density at radius 2 is 0.931 bits per heavy atom. The zero-order valence-corrected chi connectivity index (χ0v) is 37.8. The van der Waals surface area contributed by atoms with Crippen LogP contribution in [-0.2, 0) is 32.7 Å². The van der Waals surface area contributed by atoms with Gasteiger partial charge in [-0.3, -0.25) is 14.2 Å². The lowest BCUT2D eigenvalue weighted by molar-refractivity contribution is -0.870. The van der Waals surface area contributed by atoms with Gasteiger partial charge in [-0.15, -0.1) is 0 Å². The minimum absolute atomic E-state index is 0.0462. The van der Waals surface area contributed by atoms with E-state index in [9.17, 15) is 19.0 Å². The Balaban J connectivity index is 4.48. The van der Waals surface area contributed by atoms with Gasteiger partial charge in [-0.25, -0.2) is 0 Å². The standard InChI is InChI=1S/C48H80NO8P/c1-6-8-10-12-14-16-18-20-22-24-26-28-30-32-34-36-38-40-47(50)54-44-46(45-56-58(52,53)55-43-42-49(3,4)5)57-48(51)41-39-37-35-33-31-29-27-25-23-21-19-17-15-13-11-9-7-2/h8-11,14-17,20-23,26-29,46H,6-7,12-13,18-19,24-25,30-45H2,1-5H3/b10-8-,11-9-,16-14-,17-15-,22-20-,23-21-,28-26-,29-27-/t46-/m1/s1. The molecule has 58 heavy (non-hydrogen) atoms. The lowest BCUT2D eigenvalue weighted by Crippen LogP contribution is -2.37. The van der Waals surface area contributed by atoms with E-state index in [1.807, 2.05) is 21.1 Å². The highest BCUT2D eigenvalue weighted by atomic mass is 31.2. The van der Waals surface area contributed by atoms with Gasteiger partial charge in [0, 0.05) is 12.8 Å². The topological polar surface area (TPSA) is 111 Å². The summed E-state index contributed by atoms with van der Waals surface area (Å²) in [6.45, 7) is 3.91. The van der Waals surface area contributed by atoms with Crippen LogP contribution in [0.4, 0.5) is 0 Å². The Kier molecular flexibility index (Phi) is 37.3. The smallest absolute Gasteiger partial charge is 0.306 e. The van der Waals surface area contributed by atoms with Crippen molar-refractivity contribution in [3.63, 3.8) is 0 Å². The van der Waals surface area contributed by atoms with E-state index in [-0.39, 0.29) is 26.1 Å². The fraction of sp³-hybridized carbons (Fsp3) is 0.625. The van der Waals surface area contributed by atoms with E-state index in [2.05, 4.69) is 111 Å². The molecule has 1 unspecified atom stereocenters. The van der Waals surface area contributed by atoms with Gasteiger partial charge in [0.05, 0.1) is 27.7 Å². The average Bonchev–Trinajstić information content (AvgIpc) is 3.17. The van der Waals surface area contributed by atoms with Crippen LogP contribution in [0.25, 0.3) is 0 Å². The number of quaternary nitrogens is 1. The van der Waals surface area contributed by atoms with E-state index in [1.165, 1.54) is 0 Å². The molecule has 0 radical (unpaired) electrons. The summed E-state index contributed by atoms with van der Waals surface area (Å²) in [5, 5.41) is 0. The summed E-state index contributed by atoms with van der Waals surface area (Å²) in [7, 11) is 1.11. The van der Waals surface area contributed by atoms with Gasteiger partial charge in [0.1, 0.15) is 19.8 Å². The second kappa shape index (κ2) is 39.4. The van der Waals surface area contributed by atoms with Gasteiger partial charge in [-0.1, -0.05) is 137 Å². The Labute approximate surface area is 353 Å². The molecular formula is C48H80NO8P. The summed E-state index contributed by atoms with van der Waals surface area (Å²) in [5.74, 6) is -0.902. The molecule has 0 N–H and O–H groups in total. The Morgan fingerprint density at radius 1 is 0.534 bits per heavy atom. The van der Waals surface area contributed by atoms with Crippen molar-refractivity contribution in [3.8, 4) is 0 Å². The number of phosphoric ester groups is 1. The minimum Gasteiger partial charge on any atom is -0.756 e. The van der Waals surface area contributed by atoms with E-state index < -0.39 is 32.5 Å². The molecule has 0 aromatic heterocycles. The molecule has 0 aliphatic rings. The third-order valence-corrected chi connectivity index (χ3v) is 9.56. The van der Waals surface area contributed by atoms with Crippen LogP contribution in [0, 0.1) is 0 Å². The first kappa shape index (κ1) is 54.9. The van der Waals surface area contributed by atoms with E-state index in [1.54, 1.807) is 0 Å². The van der Waals surface area contributed by atoms with E-state index in [4.69, 9.17) is 18.5 Å². The van der Waals surface area contributed by atoms with Crippen molar-refractivity contribution in [2.24, 2.45) is 0 Å². The number of hydrogen-bond acceptors (Lipinski definition) is 8. The number of allylic oxidation sites excluding steroid dienone is 16. The molecular weight excluding hydrogens is 750 g/mol. The van der Waals surface area contributed by atoms with Gasteiger partial charge in [0.25, 0.3) is 7.82 Å². The van der Waals surface area contributed by atoms with Gasteiger partial charge in [0.15, 0.2) is 6.10 Å². The lowest BCUT2D eigenvalue weighted by atomic mass is 10.1. The molecule has 0 bridgehead atoms. The van der Waals surface area contributed by atoms with Crippen molar-refractivity contribution < 1.29 is 42.1 Å². The summed E-state index contributed by atoms with van der Waals surface area (Å²) in [4.78, 5) is 37.5. The lowest BCUT2D eigenvalue weighted by Gasteiger charge is -2.28. The first-order valence-corrected chi connectivity index (χ1v) is 23.4. The van der Waals surface area contributed by atoms with E-state index in [0.29, 0.717) is 23.9 Å². The third-order valence-electron chi connectivity index (χ3n) is 8.60. The molecule has 0 aromatic rings. The number of rotatable bonds is 38. The molecule has 9 nitrogen and oxygen atoms in total. The highest BCUT2D eigenvalue weighted by Crippen LogP contribution is 2.38. The summed E-state index contributed by atoms with van der Waals surface area (Å²) >= 11 is 0. The van der Waals surface area contributed by atoms with Gasteiger partial charge in [-0.05, 0) is 89.9 Å². The maximum absolute atomic E-state index is 12.7. The van der Waals surface area contributed by atoms with Crippen LogP contribution in [0.5, 0.6) is 0 Å². The fourth-order valence-corrected chi connectivity index (χ4v) is 5.95. The number of carbonyl (C=O) groups excluding carboxylic acids is 2. The number of hydrogen-bond donors (Lipinski definition) is 0. The van der Waals surface area contributed by atoms with Crippen LogP contribution in [0.1, 0.15) is 142 Å². The number of phosphoric acid groups is 1. The van der Waals surface area contributed by atoms with Gasteiger partial charge < -0.3 is 27.9 Å². The maximum atomic E-state index is 12.7. The first-order valence-electron chi connectivity index (χ1n) is 21.9. The van der Waals surface area contributed by atoms with Gasteiger partial charge in [-0.2, -0.15) is 0 Å². The first-order chi connectivity index (χ1) is 28.0. The second-order valence-corrected chi connectivity index (χ2v) is 16.7. The van der Waals surface area contributed by atoms with Crippen LogP contribution in [-0.4, -0.2) is 70.0 Å². The number of esters is 2. The Bertz CT molecular complexity index is 1300. The quantitative estimate of drug-likeness (QED) is 0.0199. The summed E-state index contributed by atoms with van der Waals surface area (Å²) in [6, 6.07) is 0. The van der Waals surface area contributed by atoms with Crippen LogP contribution in [0.3, 0.4) is 0 Å². The number of nitrogens with zero attached hydrogens (tertiary/aromatic N) is 1. The molecule has 0 amide bonds. The highest BCUT2D eigenvalue weighted by molar-refractivity contribution is 7.45. The summed E-state index contributed by atoms with van der Waals surface area (Å²) < 4.78 is 33.8. The van der Waals surface area contributed by atoms with Crippen LogP contribution in [0.15, 0.2) is 97.2 Å². The average molecular weight is 830 g/mol. The highest BCUT2D eigenvalue weighted by Gasteiger charge is 2.21. The summed E-state index contributed by atoms with van der Waals surface area (Å²) in [6.07, 6.45) is 51.5. The molecule has 10 heteroatoms. The van der Waals surface area contributed by atoms with Crippen molar-refractivity contribution in [3.05, 3.63) is 97.2 Å². The van der Waals surface area contributed by atoms with Crippen LogP contribution < -0.4 is 4.89 Å². The van der Waals surface area contributed by atoms with Crippen molar-refractivity contribution in [1.29, 1.82) is 0 Å². The zero-order valence-electron chi connectivity index (χ0n) is 36.9. The maximum Gasteiger partial charge on any atom is 0.306 e. The normalized spacial score (nSPS) is 14.5. The predicted octanol–water partition coefficient (Wildman–Crippen LogP) is 11.9. The molecule has 330 valence electrons. The van der Waals surface area contributed by atoms with Gasteiger partial charge >= 0.3 is 11.9 Å². The number of ether oxygens (including phenoxy) is 2. The Morgan fingerprint density at radius 3 is 1.36 bits per heavy atom. The third kappa shape index (κ3) is 42.5. The number of unbranched alkanes of at least 4 members (excludes halogenated alkanes) is 8. The molecule has 0 fully saturated rings. The second-order valence-electron chi connectivity index (χ2n) is 15.3. The van der Waals surface area contributed by atoms with Crippen LogP contribution >= 0.6 is 7.82 Å². The molecule has 0 aliphatic heterocycles. The van der Waals surface area contributed by atoms with Gasteiger partial charge in [0.2, 0.25) is 0 Å². The largest absolute Gasteiger partial charge is 0.756 e. The van der Waals surface area contributed by atoms with Crippen molar-refractivity contribution in [2.45, 2.75) is 148 Å². The van der Waals surface area contributed by atoms with E-state index in [0.717, 1.165) is 103 Å². The van der Waals surface area contributed by atoms with E-state index >= 15 is 0 Å². The summed E-state index contributed by atoms with van der Waals surface area (Å²) in [5.41, 5.74) is 0. The molecule has 0 saturated heterocycles. The number of likely N-dealkylation sites (N-methyl/N-ethyl adjacent to an activating group) is 1. The molecule has 0 heterocycles.